The van der Waals surface area contributed by atoms with Crippen LogP contribution >= 0.6 is 23.2 Å². The summed E-state index contributed by atoms with van der Waals surface area (Å²) in [6, 6.07) is 31.7. The van der Waals surface area contributed by atoms with Crippen LogP contribution in [0.4, 0.5) is 11.4 Å². The zero-order valence-corrected chi connectivity index (χ0v) is 17.1. The summed E-state index contributed by atoms with van der Waals surface area (Å²) in [5.41, 5.74) is 4.05. The van der Waals surface area contributed by atoms with Gasteiger partial charge >= 0.3 is 0 Å². The number of halogens is 2. The molecule has 0 fully saturated rings. The van der Waals surface area contributed by atoms with Gasteiger partial charge in [0.2, 0.25) is 0 Å². The van der Waals surface area contributed by atoms with Crippen molar-refractivity contribution in [3.63, 3.8) is 0 Å². The summed E-state index contributed by atoms with van der Waals surface area (Å²) in [6.45, 7) is 0. The maximum Gasteiger partial charge on any atom is 0.127 e. The second kappa shape index (κ2) is 9.04. The number of ether oxygens (including phenoxy) is 1. The van der Waals surface area contributed by atoms with Gasteiger partial charge in [-0.15, -0.1) is 0 Å². The minimum atomic E-state index is 0.594. The van der Waals surface area contributed by atoms with Crippen molar-refractivity contribution in [2.45, 2.75) is 6.42 Å². The summed E-state index contributed by atoms with van der Waals surface area (Å²) in [7, 11) is 0. The van der Waals surface area contributed by atoms with Crippen LogP contribution in [0.25, 0.3) is 0 Å². The lowest BCUT2D eigenvalue weighted by Gasteiger charge is -2.11. The van der Waals surface area contributed by atoms with E-state index in [4.69, 9.17) is 27.9 Å². The van der Waals surface area contributed by atoms with Crippen molar-refractivity contribution in [2.75, 3.05) is 5.32 Å². The smallest absolute Gasteiger partial charge is 0.127 e. The molecule has 0 aliphatic heterocycles. The second-order valence-corrected chi connectivity index (χ2v) is 7.47. The fraction of sp³-hybridized carbons (Fsp3) is 0.0400. The molecular weight excluding hydrogens is 401 g/mol. The first kappa shape index (κ1) is 19.4. The molecule has 4 aromatic rings. The van der Waals surface area contributed by atoms with Gasteiger partial charge in [0, 0.05) is 5.69 Å². The van der Waals surface area contributed by atoms with E-state index in [9.17, 15) is 0 Å². The first-order chi connectivity index (χ1) is 14.2. The zero-order chi connectivity index (χ0) is 20.1. The number of hydrogen-bond acceptors (Lipinski definition) is 2. The molecule has 0 saturated carbocycles. The van der Waals surface area contributed by atoms with Gasteiger partial charge in [-0.3, -0.25) is 0 Å². The second-order valence-electron chi connectivity index (χ2n) is 6.66. The SMILES string of the molecule is Clc1cccc(Cl)c1Nc1ccc(Cc2cccc(Oc3ccccc3)c2)cc1. The Labute approximate surface area is 180 Å². The molecule has 0 atom stereocenters. The van der Waals surface area contributed by atoms with Crippen molar-refractivity contribution in [1.29, 1.82) is 0 Å². The molecule has 4 rings (SSSR count). The number of rotatable bonds is 6. The van der Waals surface area contributed by atoms with E-state index in [-0.39, 0.29) is 0 Å². The maximum absolute atomic E-state index is 6.23. The fourth-order valence-corrected chi connectivity index (χ4v) is 3.54. The summed E-state index contributed by atoms with van der Waals surface area (Å²) < 4.78 is 5.93. The van der Waals surface area contributed by atoms with Gasteiger partial charge in [0.05, 0.1) is 15.7 Å². The van der Waals surface area contributed by atoms with Gasteiger partial charge in [0.1, 0.15) is 11.5 Å². The molecule has 0 bridgehead atoms. The molecule has 0 heterocycles. The Morgan fingerprint density at radius 2 is 1.28 bits per heavy atom. The third-order valence-corrected chi connectivity index (χ3v) is 5.10. The quantitative estimate of drug-likeness (QED) is 0.340. The minimum Gasteiger partial charge on any atom is -0.457 e. The van der Waals surface area contributed by atoms with Gasteiger partial charge in [0.15, 0.2) is 0 Å². The number of benzene rings is 4. The Hall–Kier alpha value is -2.94. The molecule has 0 radical (unpaired) electrons. The van der Waals surface area contributed by atoms with Gasteiger partial charge in [-0.05, 0) is 66.1 Å². The normalized spacial score (nSPS) is 10.6. The van der Waals surface area contributed by atoms with Crippen LogP contribution in [0, 0.1) is 0 Å². The Morgan fingerprint density at radius 1 is 0.621 bits per heavy atom. The van der Waals surface area contributed by atoms with Crippen LogP contribution in [-0.2, 0) is 6.42 Å². The lowest BCUT2D eigenvalue weighted by molar-refractivity contribution is 0.482. The topological polar surface area (TPSA) is 21.3 Å². The van der Waals surface area contributed by atoms with Gasteiger partial charge in [-0.1, -0.05) is 71.7 Å². The Kier molecular flexibility index (Phi) is 6.04. The van der Waals surface area contributed by atoms with E-state index < -0.39 is 0 Å². The van der Waals surface area contributed by atoms with Gasteiger partial charge < -0.3 is 10.1 Å². The Balaban J connectivity index is 1.44. The lowest BCUT2D eigenvalue weighted by atomic mass is 10.0. The van der Waals surface area contributed by atoms with Crippen molar-refractivity contribution < 1.29 is 4.74 Å². The highest BCUT2D eigenvalue weighted by Gasteiger charge is 2.06. The third-order valence-electron chi connectivity index (χ3n) is 4.47. The molecule has 4 aromatic carbocycles. The monoisotopic (exact) mass is 419 g/mol. The summed E-state index contributed by atoms with van der Waals surface area (Å²) in [4.78, 5) is 0. The minimum absolute atomic E-state index is 0.594. The van der Waals surface area contributed by atoms with E-state index in [1.165, 1.54) is 11.1 Å². The average Bonchev–Trinajstić information content (AvgIpc) is 2.73. The Bertz CT molecular complexity index is 1080. The van der Waals surface area contributed by atoms with Gasteiger partial charge in [0.25, 0.3) is 0 Å². The van der Waals surface area contributed by atoms with E-state index >= 15 is 0 Å². The number of anilines is 2. The predicted molar refractivity (Wildman–Crippen MR) is 122 cm³/mol. The van der Waals surface area contributed by atoms with Crippen molar-refractivity contribution in [1.82, 2.24) is 0 Å². The molecular formula is C25H19Cl2NO. The van der Waals surface area contributed by atoms with Crippen LogP contribution in [-0.4, -0.2) is 0 Å². The van der Waals surface area contributed by atoms with Crippen LogP contribution in [0.2, 0.25) is 10.0 Å². The number of hydrogen-bond donors (Lipinski definition) is 1. The first-order valence-corrected chi connectivity index (χ1v) is 10.0. The predicted octanol–water partition coefficient (Wildman–Crippen LogP) is 8.12. The van der Waals surface area contributed by atoms with Crippen LogP contribution in [0.1, 0.15) is 11.1 Å². The zero-order valence-electron chi connectivity index (χ0n) is 15.6. The van der Waals surface area contributed by atoms with E-state index in [0.717, 1.165) is 23.6 Å². The average molecular weight is 420 g/mol. The van der Waals surface area contributed by atoms with Crippen LogP contribution in [0.15, 0.2) is 97.1 Å². The summed E-state index contributed by atoms with van der Waals surface area (Å²) in [6.07, 6.45) is 0.819. The van der Waals surface area contributed by atoms with Crippen LogP contribution < -0.4 is 10.1 Å². The van der Waals surface area contributed by atoms with E-state index in [1.54, 1.807) is 0 Å². The molecule has 0 aliphatic carbocycles. The Morgan fingerprint density at radius 3 is 2.00 bits per heavy atom. The summed E-state index contributed by atoms with van der Waals surface area (Å²) in [5, 5.41) is 4.47. The largest absolute Gasteiger partial charge is 0.457 e. The molecule has 0 saturated heterocycles. The molecule has 0 aromatic heterocycles. The van der Waals surface area contributed by atoms with Gasteiger partial charge in [-0.25, -0.2) is 0 Å². The molecule has 0 amide bonds. The number of para-hydroxylation sites is 2. The molecule has 0 aliphatic rings. The lowest BCUT2D eigenvalue weighted by Crippen LogP contribution is -1.94. The molecule has 4 heteroatoms. The van der Waals surface area contributed by atoms with Crippen LogP contribution in [0.5, 0.6) is 11.5 Å². The highest BCUT2D eigenvalue weighted by atomic mass is 35.5. The van der Waals surface area contributed by atoms with Crippen molar-refractivity contribution in [3.8, 4) is 11.5 Å². The highest BCUT2D eigenvalue weighted by Crippen LogP contribution is 2.32. The molecule has 1 N–H and O–H groups in total. The highest BCUT2D eigenvalue weighted by molar-refractivity contribution is 6.39. The molecule has 2 nitrogen and oxygen atoms in total. The molecule has 144 valence electrons. The third kappa shape index (κ3) is 5.11. The molecule has 29 heavy (non-hydrogen) atoms. The van der Waals surface area contributed by atoms with E-state index in [1.807, 2.05) is 72.8 Å². The summed E-state index contributed by atoms with van der Waals surface area (Å²) in [5.74, 6) is 1.67. The maximum atomic E-state index is 6.23. The molecule has 0 unspecified atom stereocenters. The van der Waals surface area contributed by atoms with E-state index in [0.29, 0.717) is 15.7 Å². The van der Waals surface area contributed by atoms with Crippen molar-refractivity contribution in [2.24, 2.45) is 0 Å². The van der Waals surface area contributed by atoms with E-state index in [2.05, 4.69) is 29.6 Å². The summed E-state index contributed by atoms with van der Waals surface area (Å²) >= 11 is 12.5. The standard InChI is InChI=1S/C25H19Cl2NO/c26-23-10-5-11-24(27)25(23)28-20-14-12-18(13-15-20)16-19-6-4-9-22(17-19)29-21-7-2-1-3-8-21/h1-15,17,28H,16H2. The van der Waals surface area contributed by atoms with Gasteiger partial charge in [-0.2, -0.15) is 0 Å². The first-order valence-electron chi connectivity index (χ1n) is 9.29. The van der Waals surface area contributed by atoms with Crippen molar-refractivity contribution >= 4 is 34.6 Å². The molecule has 0 spiro atoms. The van der Waals surface area contributed by atoms with Crippen molar-refractivity contribution in [3.05, 3.63) is 118 Å². The number of nitrogens with one attached hydrogen (secondary N) is 1. The fourth-order valence-electron chi connectivity index (χ4n) is 3.05. The van der Waals surface area contributed by atoms with Crippen LogP contribution in [0.3, 0.4) is 0 Å².